The van der Waals surface area contributed by atoms with E-state index in [1.807, 2.05) is 18.2 Å². The number of aromatic nitrogens is 4. The van der Waals surface area contributed by atoms with Crippen LogP contribution in [0.3, 0.4) is 0 Å². The second kappa shape index (κ2) is 6.43. The molecular weight excluding hydrogens is 321 g/mol. The number of hydrogen-bond acceptors (Lipinski definition) is 4. The molecule has 1 amide bonds. The fourth-order valence-electron chi connectivity index (χ4n) is 3.12. The Bertz CT molecular complexity index is 878. The average Bonchev–Trinajstić information content (AvgIpc) is 3.32. The van der Waals surface area contributed by atoms with Crippen molar-refractivity contribution in [2.45, 2.75) is 18.9 Å². The van der Waals surface area contributed by atoms with Gasteiger partial charge in [0.15, 0.2) is 5.69 Å². The molecule has 2 aromatic heterocycles. The third-order valence-corrected chi connectivity index (χ3v) is 4.35. The number of halogens is 1. The standard InChI is InChI=1S/C18H16FN5O/c19-13-6-8-14(9-7-13)24-12-16(21-22-24)18(25)23-11-3-5-17(23)15-4-1-2-10-20-15/h1-2,4,6-10,12,17H,3,5,11H2/t17-/m0/s1. The van der Waals surface area contributed by atoms with E-state index in [4.69, 9.17) is 0 Å². The van der Waals surface area contributed by atoms with E-state index in [1.165, 1.54) is 16.8 Å². The van der Waals surface area contributed by atoms with E-state index in [0.717, 1.165) is 18.5 Å². The highest BCUT2D eigenvalue weighted by Gasteiger charge is 2.32. The van der Waals surface area contributed by atoms with Crippen LogP contribution in [-0.2, 0) is 0 Å². The molecule has 0 unspecified atom stereocenters. The van der Waals surface area contributed by atoms with Crippen LogP contribution in [0.1, 0.15) is 35.1 Å². The number of rotatable bonds is 3. The predicted molar refractivity (Wildman–Crippen MR) is 88.6 cm³/mol. The molecule has 1 aliphatic rings. The second-order valence-electron chi connectivity index (χ2n) is 5.94. The van der Waals surface area contributed by atoms with Crippen molar-refractivity contribution in [3.05, 3.63) is 72.1 Å². The van der Waals surface area contributed by atoms with Crippen molar-refractivity contribution in [3.8, 4) is 5.69 Å². The smallest absolute Gasteiger partial charge is 0.276 e. The summed E-state index contributed by atoms with van der Waals surface area (Å²) in [7, 11) is 0. The van der Waals surface area contributed by atoms with E-state index >= 15 is 0 Å². The molecule has 0 spiro atoms. The molecule has 1 fully saturated rings. The maximum absolute atomic E-state index is 13.0. The van der Waals surface area contributed by atoms with Crippen LogP contribution in [-0.4, -0.2) is 37.3 Å². The van der Waals surface area contributed by atoms with Gasteiger partial charge in [0.25, 0.3) is 5.91 Å². The van der Waals surface area contributed by atoms with E-state index in [-0.39, 0.29) is 23.5 Å². The van der Waals surface area contributed by atoms with Crippen LogP contribution in [0.2, 0.25) is 0 Å². The third kappa shape index (κ3) is 3.00. The van der Waals surface area contributed by atoms with Crippen molar-refractivity contribution in [2.75, 3.05) is 6.54 Å². The Morgan fingerprint density at radius 1 is 1.16 bits per heavy atom. The average molecular weight is 337 g/mol. The van der Waals surface area contributed by atoms with E-state index in [0.29, 0.717) is 12.2 Å². The summed E-state index contributed by atoms with van der Waals surface area (Å²) in [5, 5.41) is 7.98. The Hall–Kier alpha value is -3.09. The van der Waals surface area contributed by atoms with Crippen LogP contribution in [0.5, 0.6) is 0 Å². The van der Waals surface area contributed by atoms with Crippen LogP contribution in [0.15, 0.2) is 54.9 Å². The highest BCUT2D eigenvalue weighted by atomic mass is 19.1. The summed E-state index contributed by atoms with van der Waals surface area (Å²) >= 11 is 0. The van der Waals surface area contributed by atoms with Gasteiger partial charge in [-0.15, -0.1) is 5.10 Å². The van der Waals surface area contributed by atoms with Gasteiger partial charge in [-0.1, -0.05) is 11.3 Å². The summed E-state index contributed by atoms with van der Waals surface area (Å²) in [6, 6.07) is 11.5. The van der Waals surface area contributed by atoms with Crippen LogP contribution < -0.4 is 0 Å². The molecule has 0 N–H and O–H groups in total. The number of hydrogen-bond donors (Lipinski definition) is 0. The van der Waals surface area contributed by atoms with Gasteiger partial charge in [0.05, 0.1) is 23.6 Å². The highest BCUT2D eigenvalue weighted by Crippen LogP contribution is 2.31. The zero-order chi connectivity index (χ0) is 17.2. The van der Waals surface area contributed by atoms with E-state index in [9.17, 15) is 9.18 Å². The first-order chi connectivity index (χ1) is 12.2. The first-order valence-corrected chi connectivity index (χ1v) is 8.12. The van der Waals surface area contributed by atoms with Crippen molar-refractivity contribution in [1.82, 2.24) is 24.9 Å². The number of likely N-dealkylation sites (tertiary alicyclic amines) is 1. The van der Waals surface area contributed by atoms with Crippen LogP contribution in [0, 0.1) is 5.82 Å². The maximum atomic E-state index is 13.0. The number of nitrogens with zero attached hydrogens (tertiary/aromatic N) is 5. The summed E-state index contributed by atoms with van der Waals surface area (Å²) in [5.41, 5.74) is 1.81. The van der Waals surface area contributed by atoms with Gasteiger partial charge in [-0.25, -0.2) is 9.07 Å². The number of benzene rings is 1. The molecule has 0 radical (unpaired) electrons. The maximum Gasteiger partial charge on any atom is 0.276 e. The molecule has 0 bridgehead atoms. The number of carbonyl (C=O) groups excluding carboxylic acids is 1. The zero-order valence-corrected chi connectivity index (χ0v) is 13.4. The summed E-state index contributed by atoms with van der Waals surface area (Å²) in [5.74, 6) is -0.489. The van der Waals surface area contributed by atoms with Crippen molar-refractivity contribution in [3.63, 3.8) is 0 Å². The first-order valence-electron chi connectivity index (χ1n) is 8.12. The molecule has 1 aliphatic heterocycles. The van der Waals surface area contributed by atoms with Gasteiger partial charge in [0.2, 0.25) is 0 Å². The predicted octanol–water partition coefficient (Wildman–Crippen LogP) is 2.78. The van der Waals surface area contributed by atoms with Gasteiger partial charge in [-0.2, -0.15) is 0 Å². The summed E-state index contributed by atoms with van der Waals surface area (Å²) in [4.78, 5) is 19.0. The van der Waals surface area contributed by atoms with Gasteiger partial charge < -0.3 is 4.90 Å². The van der Waals surface area contributed by atoms with Gasteiger partial charge in [-0.05, 0) is 49.2 Å². The number of pyridine rings is 1. The summed E-state index contributed by atoms with van der Waals surface area (Å²) in [6.07, 6.45) is 5.12. The second-order valence-corrected chi connectivity index (χ2v) is 5.94. The Morgan fingerprint density at radius 3 is 2.76 bits per heavy atom. The minimum atomic E-state index is -0.324. The van der Waals surface area contributed by atoms with E-state index < -0.39 is 0 Å². The molecule has 25 heavy (non-hydrogen) atoms. The normalized spacial score (nSPS) is 17.0. The quantitative estimate of drug-likeness (QED) is 0.737. The molecule has 4 rings (SSSR count). The third-order valence-electron chi connectivity index (χ3n) is 4.35. The highest BCUT2D eigenvalue weighted by molar-refractivity contribution is 5.92. The van der Waals surface area contributed by atoms with Gasteiger partial charge in [0.1, 0.15) is 5.82 Å². The zero-order valence-electron chi connectivity index (χ0n) is 13.4. The van der Waals surface area contributed by atoms with Crippen LogP contribution in [0.4, 0.5) is 4.39 Å². The lowest BCUT2D eigenvalue weighted by Crippen LogP contribution is -2.31. The van der Waals surface area contributed by atoms with Crippen LogP contribution in [0.25, 0.3) is 5.69 Å². The Kier molecular flexibility index (Phi) is 3.97. The molecule has 1 aromatic carbocycles. The molecule has 3 heterocycles. The lowest BCUT2D eigenvalue weighted by molar-refractivity contribution is 0.0727. The summed E-state index contributed by atoms with van der Waals surface area (Å²) in [6.45, 7) is 0.670. The topological polar surface area (TPSA) is 63.9 Å². The molecule has 0 saturated carbocycles. The molecule has 1 atom stereocenters. The van der Waals surface area contributed by atoms with Crippen molar-refractivity contribution in [2.24, 2.45) is 0 Å². The van der Waals surface area contributed by atoms with Gasteiger partial charge >= 0.3 is 0 Å². The molecule has 7 heteroatoms. The van der Waals surface area contributed by atoms with Crippen molar-refractivity contribution < 1.29 is 9.18 Å². The number of carbonyl (C=O) groups is 1. The van der Waals surface area contributed by atoms with Crippen LogP contribution >= 0.6 is 0 Å². The van der Waals surface area contributed by atoms with E-state index in [2.05, 4.69) is 15.3 Å². The summed E-state index contributed by atoms with van der Waals surface area (Å²) < 4.78 is 14.5. The molecule has 3 aromatic rings. The monoisotopic (exact) mass is 337 g/mol. The van der Waals surface area contributed by atoms with E-state index in [1.54, 1.807) is 29.4 Å². The Morgan fingerprint density at radius 2 is 2.00 bits per heavy atom. The molecular formula is C18H16FN5O. The largest absolute Gasteiger partial charge is 0.329 e. The molecule has 0 aliphatic carbocycles. The van der Waals surface area contributed by atoms with Crippen molar-refractivity contribution >= 4 is 5.91 Å². The minimum absolute atomic E-state index is 0.0373. The lowest BCUT2D eigenvalue weighted by Gasteiger charge is -2.23. The Balaban J connectivity index is 1.58. The lowest BCUT2D eigenvalue weighted by atomic mass is 10.1. The minimum Gasteiger partial charge on any atom is -0.329 e. The first kappa shape index (κ1) is 15.4. The molecule has 6 nitrogen and oxygen atoms in total. The molecule has 126 valence electrons. The molecule has 1 saturated heterocycles. The fourth-order valence-corrected chi connectivity index (χ4v) is 3.12. The van der Waals surface area contributed by atoms with Gasteiger partial charge in [-0.3, -0.25) is 9.78 Å². The van der Waals surface area contributed by atoms with Gasteiger partial charge in [0, 0.05) is 12.7 Å². The van der Waals surface area contributed by atoms with Crippen molar-refractivity contribution in [1.29, 1.82) is 0 Å². The Labute approximate surface area is 143 Å². The fraction of sp³-hybridized carbons (Fsp3) is 0.222. The number of amides is 1. The SMILES string of the molecule is O=C(c1cn(-c2ccc(F)cc2)nn1)N1CCC[C@H]1c1ccccn1.